The van der Waals surface area contributed by atoms with Crippen LogP contribution >= 0.6 is 0 Å². The third-order valence-electron chi connectivity index (χ3n) is 2.70. The van der Waals surface area contributed by atoms with Gasteiger partial charge in [0.05, 0.1) is 0 Å². The quantitative estimate of drug-likeness (QED) is 0.519. The zero-order valence-electron chi connectivity index (χ0n) is 7.00. The van der Waals surface area contributed by atoms with E-state index in [-0.39, 0.29) is 6.04 Å². The average molecular weight is 157 g/mol. The summed E-state index contributed by atoms with van der Waals surface area (Å²) in [6.07, 6.45) is 4.82. The van der Waals surface area contributed by atoms with Crippen LogP contribution in [0.2, 0.25) is 0 Å². The van der Waals surface area contributed by atoms with Gasteiger partial charge in [0.1, 0.15) is 0 Å². The molecule has 11 heavy (non-hydrogen) atoms. The molecule has 3 nitrogen and oxygen atoms in total. The largest absolute Gasteiger partial charge is 0.329 e. The summed E-state index contributed by atoms with van der Waals surface area (Å²) < 4.78 is 0. The summed E-state index contributed by atoms with van der Waals surface area (Å²) in [6, 6.07) is 0.410. The Morgan fingerprint density at radius 3 is 2.45 bits per heavy atom. The fraction of sp³-hybridized carbons (Fsp3) is 1.00. The van der Waals surface area contributed by atoms with E-state index < -0.39 is 0 Å². The van der Waals surface area contributed by atoms with Crippen molar-refractivity contribution in [1.29, 1.82) is 0 Å². The van der Waals surface area contributed by atoms with E-state index in [9.17, 15) is 0 Å². The summed E-state index contributed by atoms with van der Waals surface area (Å²) in [4.78, 5) is 0. The topological polar surface area (TPSA) is 78.1 Å². The second-order valence-electron chi connectivity index (χ2n) is 3.51. The van der Waals surface area contributed by atoms with Crippen LogP contribution in [0.3, 0.4) is 0 Å². The van der Waals surface area contributed by atoms with Gasteiger partial charge in [0.15, 0.2) is 0 Å². The fourth-order valence-electron chi connectivity index (χ4n) is 1.89. The zero-order valence-corrected chi connectivity index (χ0v) is 7.00. The standard InChI is InChI=1S/C8H19N3/c9-5-8(11)6-3-1-2-4-7(6)10/h6-8H,1-5,9-11H2/t6-,7-,8?/m1/s1. The normalized spacial score (nSPS) is 35.2. The molecule has 1 rings (SSSR count). The van der Waals surface area contributed by atoms with E-state index in [2.05, 4.69) is 0 Å². The van der Waals surface area contributed by atoms with Crippen molar-refractivity contribution in [3.63, 3.8) is 0 Å². The molecule has 1 fully saturated rings. The van der Waals surface area contributed by atoms with Crippen molar-refractivity contribution in [3.8, 4) is 0 Å². The summed E-state index contributed by atoms with van der Waals surface area (Å²) in [5.41, 5.74) is 17.2. The number of hydrogen-bond donors (Lipinski definition) is 3. The van der Waals surface area contributed by atoms with Crippen LogP contribution in [0.25, 0.3) is 0 Å². The maximum absolute atomic E-state index is 5.92. The van der Waals surface area contributed by atoms with Gasteiger partial charge in [-0.1, -0.05) is 12.8 Å². The molecule has 1 aliphatic rings. The van der Waals surface area contributed by atoms with Gasteiger partial charge in [0.2, 0.25) is 0 Å². The fourth-order valence-corrected chi connectivity index (χ4v) is 1.89. The summed E-state index contributed by atoms with van der Waals surface area (Å²) >= 11 is 0. The van der Waals surface area contributed by atoms with Crippen molar-refractivity contribution in [2.45, 2.75) is 37.8 Å². The first-order valence-electron chi connectivity index (χ1n) is 4.47. The Bertz CT molecular complexity index is 112. The lowest BCUT2D eigenvalue weighted by molar-refractivity contribution is 0.266. The smallest absolute Gasteiger partial charge is 0.0206 e. The number of nitrogens with two attached hydrogens (primary N) is 3. The minimum Gasteiger partial charge on any atom is -0.329 e. The first kappa shape index (κ1) is 8.97. The lowest BCUT2D eigenvalue weighted by Crippen LogP contribution is -2.47. The third-order valence-corrected chi connectivity index (χ3v) is 2.70. The molecule has 0 saturated heterocycles. The highest BCUT2D eigenvalue weighted by Gasteiger charge is 2.26. The molecule has 0 bridgehead atoms. The van der Waals surface area contributed by atoms with Gasteiger partial charge in [0, 0.05) is 18.6 Å². The number of hydrogen-bond acceptors (Lipinski definition) is 3. The lowest BCUT2D eigenvalue weighted by atomic mass is 9.80. The first-order valence-corrected chi connectivity index (χ1v) is 4.47. The van der Waals surface area contributed by atoms with E-state index in [4.69, 9.17) is 17.2 Å². The second-order valence-corrected chi connectivity index (χ2v) is 3.51. The summed E-state index contributed by atoms with van der Waals surface area (Å²) in [5, 5.41) is 0. The Kier molecular flexibility index (Phi) is 3.30. The summed E-state index contributed by atoms with van der Waals surface area (Å²) in [7, 11) is 0. The highest BCUT2D eigenvalue weighted by Crippen LogP contribution is 2.24. The van der Waals surface area contributed by atoms with Crippen molar-refractivity contribution in [2.24, 2.45) is 23.1 Å². The van der Waals surface area contributed by atoms with Crippen molar-refractivity contribution < 1.29 is 0 Å². The third kappa shape index (κ3) is 2.15. The van der Waals surface area contributed by atoms with Gasteiger partial charge in [-0.05, 0) is 18.8 Å². The number of rotatable bonds is 2. The molecule has 0 heterocycles. The van der Waals surface area contributed by atoms with E-state index in [1.807, 2.05) is 0 Å². The molecular formula is C8H19N3. The first-order chi connectivity index (χ1) is 5.25. The molecule has 6 N–H and O–H groups in total. The van der Waals surface area contributed by atoms with E-state index >= 15 is 0 Å². The predicted octanol–water partition coefficient (Wildman–Crippen LogP) is -0.210. The molecule has 0 aromatic heterocycles. The maximum atomic E-state index is 5.92. The Morgan fingerprint density at radius 2 is 1.91 bits per heavy atom. The molecular weight excluding hydrogens is 138 g/mol. The van der Waals surface area contributed by atoms with Crippen LogP contribution < -0.4 is 17.2 Å². The SMILES string of the molecule is NCC(N)[C@@H]1CCCC[C@H]1N. The van der Waals surface area contributed by atoms with Crippen LogP contribution in [0.5, 0.6) is 0 Å². The van der Waals surface area contributed by atoms with Crippen LogP contribution in [0.1, 0.15) is 25.7 Å². The van der Waals surface area contributed by atoms with Gasteiger partial charge >= 0.3 is 0 Å². The van der Waals surface area contributed by atoms with Gasteiger partial charge in [-0.3, -0.25) is 0 Å². The molecule has 3 heteroatoms. The van der Waals surface area contributed by atoms with E-state index in [0.29, 0.717) is 18.5 Å². The summed E-state index contributed by atoms with van der Waals surface area (Å²) in [6.45, 7) is 0.568. The van der Waals surface area contributed by atoms with Gasteiger partial charge < -0.3 is 17.2 Å². The molecule has 1 unspecified atom stereocenters. The van der Waals surface area contributed by atoms with E-state index in [1.165, 1.54) is 19.3 Å². The minimum absolute atomic E-state index is 0.116. The van der Waals surface area contributed by atoms with Gasteiger partial charge in [-0.15, -0.1) is 0 Å². The summed E-state index contributed by atoms with van der Waals surface area (Å²) in [5.74, 6) is 0.466. The Labute approximate surface area is 68.3 Å². The minimum atomic E-state index is 0.116. The van der Waals surface area contributed by atoms with Crippen LogP contribution in [-0.2, 0) is 0 Å². The molecule has 3 atom stereocenters. The van der Waals surface area contributed by atoms with Gasteiger partial charge in [0.25, 0.3) is 0 Å². The van der Waals surface area contributed by atoms with Crippen LogP contribution in [0, 0.1) is 5.92 Å². The average Bonchev–Trinajstić information content (AvgIpc) is 2.04. The van der Waals surface area contributed by atoms with Crippen molar-refractivity contribution >= 4 is 0 Å². The molecule has 0 aromatic carbocycles. The molecule has 0 amide bonds. The van der Waals surface area contributed by atoms with Gasteiger partial charge in [-0.25, -0.2) is 0 Å². The Balaban J connectivity index is 2.40. The van der Waals surface area contributed by atoms with E-state index in [0.717, 1.165) is 6.42 Å². The molecule has 0 aromatic rings. The van der Waals surface area contributed by atoms with Crippen LogP contribution in [0.15, 0.2) is 0 Å². The van der Waals surface area contributed by atoms with Crippen molar-refractivity contribution in [1.82, 2.24) is 0 Å². The van der Waals surface area contributed by atoms with Gasteiger partial charge in [-0.2, -0.15) is 0 Å². The van der Waals surface area contributed by atoms with Crippen LogP contribution in [-0.4, -0.2) is 18.6 Å². The molecule has 66 valence electrons. The van der Waals surface area contributed by atoms with Crippen LogP contribution in [0.4, 0.5) is 0 Å². The highest BCUT2D eigenvalue weighted by molar-refractivity contribution is 4.85. The molecule has 1 aliphatic carbocycles. The second kappa shape index (κ2) is 4.04. The Morgan fingerprint density at radius 1 is 1.27 bits per heavy atom. The molecule has 1 saturated carbocycles. The maximum Gasteiger partial charge on any atom is 0.0206 e. The van der Waals surface area contributed by atoms with E-state index in [1.54, 1.807) is 0 Å². The molecule has 0 radical (unpaired) electrons. The Hall–Kier alpha value is -0.120. The lowest BCUT2D eigenvalue weighted by Gasteiger charge is -2.32. The van der Waals surface area contributed by atoms with Crippen molar-refractivity contribution in [3.05, 3.63) is 0 Å². The molecule has 0 aliphatic heterocycles. The zero-order chi connectivity index (χ0) is 8.27. The highest BCUT2D eigenvalue weighted by atomic mass is 14.8. The van der Waals surface area contributed by atoms with Crippen molar-refractivity contribution in [2.75, 3.05) is 6.54 Å². The monoisotopic (exact) mass is 157 g/mol. The molecule has 0 spiro atoms. The predicted molar refractivity (Wildman–Crippen MR) is 47.0 cm³/mol.